The van der Waals surface area contributed by atoms with Crippen LogP contribution in [0.4, 0.5) is 8.78 Å². The van der Waals surface area contributed by atoms with Gasteiger partial charge in [-0.3, -0.25) is 24.0 Å². The first-order valence-electron chi connectivity index (χ1n) is 19.2. The lowest BCUT2D eigenvalue weighted by molar-refractivity contribution is -0.148. The van der Waals surface area contributed by atoms with E-state index in [4.69, 9.17) is 14.2 Å². The summed E-state index contributed by atoms with van der Waals surface area (Å²) in [7, 11) is 7.81. The van der Waals surface area contributed by atoms with Gasteiger partial charge in [-0.25, -0.2) is 8.78 Å². The van der Waals surface area contributed by atoms with Gasteiger partial charge < -0.3 is 40.0 Å². The third-order valence-electron chi connectivity index (χ3n) is 11.0. The molecule has 0 bridgehead atoms. The van der Waals surface area contributed by atoms with Gasteiger partial charge in [0.1, 0.15) is 17.7 Å². The number of nitrogens with one attached hydrogen (secondary N) is 3. The van der Waals surface area contributed by atoms with Crippen molar-refractivity contribution >= 4 is 29.4 Å². The first-order valence-corrected chi connectivity index (χ1v) is 19.2. The number of carbonyl (C=O) groups is 5. The van der Waals surface area contributed by atoms with Crippen molar-refractivity contribution in [2.75, 3.05) is 42.0 Å². The first kappa shape index (κ1) is 47.6. The maximum atomic E-state index is 14.3. The predicted octanol–water partition coefficient (Wildman–Crippen LogP) is 3.58. The lowest BCUT2D eigenvalue weighted by Crippen LogP contribution is -2.59. The predicted molar refractivity (Wildman–Crippen MR) is 205 cm³/mol. The van der Waals surface area contributed by atoms with E-state index < -0.39 is 77.2 Å². The Balaban J connectivity index is 2.34. The second kappa shape index (κ2) is 21.7. The third-order valence-corrected chi connectivity index (χ3v) is 11.0. The molecule has 1 aromatic rings. The molecule has 3 N–H and O–H groups in total. The van der Waals surface area contributed by atoms with E-state index >= 15 is 0 Å². The summed E-state index contributed by atoms with van der Waals surface area (Å²) in [6.07, 6.45) is -1.06. The SMILES string of the molecule is CC[C@H](C)[C@@H]([C@@H](CC(=O)N1C[C@H](OC)C[C@@H]1[C@H](OC)[C@@H](C)C(=O)N[C@H](C)C(=O)c1c(F)cccc1F)OC)N(C)C(=O)C(NC(=O)[C@@H](NC)C(C)C)C(C)C. The fourth-order valence-corrected chi connectivity index (χ4v) is 7.56. The summed E-state index contributed by atoms with van der Waals surface area (Å²) in [4.78, 5) is 71.3. The molecule has 2 rings (SSSR count). The molecule has 0 aromatic heterocycles. The van der Waals surface area contributed by atoms with Gasteiger partial charge in [-0.05, 0) is 50.3 Å². The molecule has 10 atom stereocenters. The number of likely N-dealkylation sites (N-methyl/N-ethyl adjacent to an activating group) is 2. The van der Waals surface area contributed by atoms with Crippen molar-refractivity contribution in [1.82, 2.24) is 25.8 Å². The van der Waals surface area contributed by atoms with Crippen LogP contribution in [0.15, 0.2) is 18.2 Å². The number of ketones is 1. The Labute approximate surface area is 325 Å². The molecule has 0 aliphatic carbocycles. The van der Waals surface area contributed by atoms with Crippen LogP contribution in [0.25, 0.3) is 0 Å². The van der Waals surface area contributed by atoms with Crippen molar-refractivity contribution in [3.8, 4) is 0 Å². The zero-order valence-corrected chi connectivity index (χ0v) is 34.9. The average Bonchev–Trinajstić information content (AvgIpc) is 3.57. The number of halogens is 2. The number of hydrogen-bond acceptors (Lipinski definition) is 9. The summed E-state index contributed by atoms with van der Waals surface area (Å²) in [5.74, 6) is -5.72. The lowest BCUT2D eigenvalue weighted by Gasteiger charge is -2.41. The molecule has 1 heterocycles. The van der Waals surface area contributed by atoms with Crippen molar-refractivity contribution in [2.45, 2.75) is 123 Å². The highest BCUT2D eigenvalue weighted by Gasteiger charge is 2.46. The van der Waals surface area contributed by atoms with E-state index in [1.165, 1.54) is 28.3 Å². The van der Waals surface area contributed by atoms with Crippen LogP contribution in [0.5, 0.6) is 0 Å². The Morgan fingerprint density at radius 3 is 1.95 bits per heavy atom. The minimum absolute atomic E-state index is 0.00568. The van der Waals surface area contributed by atoms with Crippen molar-refractivity contribution in [1.29, 1.82) is 0 Å². The van der Waals surface area contributed by atoms with Crippen molar-refractivity contribution in [2.24, 2.45) is 23.7 Å². The molecule has 15 heteroatoms. The first-order chi connectivity index (χ1) is 25.8. The van der Waals surface area contributed by atoms with Gasteiger partial charge in [0, 0.05) is 34.9 Å². The van der Waals surface area contributed by atoms with Gasteiger partial charge in [-0.15, -0.1) is 0 Å². The summed E-state index contributed by atoms with van der Waals surface area (Å²) in [6.45, 7) is 14.7. The lowest BCUT2D eigenvalue weighted by atomic mass is 9.89. The highest BCUT2D eigenvalue weighted by atomic mass is 19.1. The number of benzene rings is 1. The van der Waals surface area contributed by atoms with Gasteiger partial charge in [0.25, 0.3) is 0 Å². The normalized spacial score (nSPS) is 20.3. The van der Waals surface area contributed by atoms with Crippen LogP contribution in [0.2, 0.25) is 0 Å². The van der Waals surface area contributed by atoms with Crippen LogP contribution in [-0.4, -0.2) is 130 Å². The number of likely N-dealkylation sites (tertiary alicyclic amines) is 1. The van der Waals surface area contributed by atoms with Gasteiger partial charge in [0.15, 0.2) is 5.78 Å². The molecule has 0 spiro atoms. The number of rotatable bonds is 21. The number of Topliss-reactive ketones (excluding diaryl/α,β-unsaturated/α-hetero) is 1. The average molecular weight is 782 g/mol. The zero-order valence-electron chi connectivity index (χ0n) is 34.9. The van der Waals surface area contributed by atoms with Crippen molar-refractivity contribution < 1.29 is 47.0 Å². The molecule has 1 aliphatic rings. The summed E-state index contributed by atoms with van der Waals surface area (Å²) in [6, 6.07) is -0.653. The maximum absolute atomic E-state index is 14.3. The van der Waals surface area contributed by atoms with Gasteiger partial charge in [-0.1, -0.05) is 61.0 Å². The van der Waals surface area contributed by atoms with E-state index in [2.05, 4.69) is 16.0 Å². The number of nitrogens with zero attached hydrogens (tertiary/aromatic N) is 2. The minimum atomic E-state index is -1.25. The van der Waals surface area contributed by atoms with E-state index in [0.717, 1.165) is 18.2 Å². The molecular formula is C40H65F2N5O8. The van der Waals surface area contributed by atoms with E-state index in [9.17, 15) is 32.8 Å². The van der Waals surface area contributed by atoms with Crippen LogP contribution in [-0.2, 0) is 33.4 Å². The second-order valence-electron chi connectivity index (χ2n) is 15.4. The standard InChI is InChI=1S/C40H65F2N5O8/c1-14-23(6)35(46(10)40(52)34(22(4)5)45-39(51)33(43-9)21(2)3)30(54-12)19-31(48)47-20-26(53-11)18-29(47)37(55-13)24(7)38(50)44-25(8)36(49)32-27(41)16-15-17-28(32)42/h15-17,21-26,29-30,33-35,37,43H,14,18-20H2,1-13H3,(H,44,50)(H,45,51)/t23-,24+,25+,26+,29+,30+,33-,34?,35-,37+/m0/s1. The minimum Gasteiger partial charge on any atom is -0.380 e. The topological polar surface area (TPSA) is 156 Å². The maximum Gasteiger partial charge on any atom is 0.245 e. The summed E-state index contributed by atoms with van der Waals surface area (Å²) in [5, 5.41) is 8.53. The molecule has 1 unspecified atom stereocenters. The third kappa shape index (κ3) is 11.7. The van der Waals surface area contributed by atoms with Crippen molar-refractivity contribution in [3.63, 3.8) is 0 Å². The molecule has 1 aliphatic heterocycles. The quantitative estimate of drug-likeness (QED) is 0.159. The molecule has 0 saturated carbocycles. The Kier molecular flexibility index (Phi) is 18.8. The monoisotopic (exact) mass is 781 g/mol. The number of hydrogen-bond donors (Lipinski definition) is 3. The van der Waals surface area contributed by atoms with E-state index in [1.807, 2.05) is 41.5 Å². The van der Waals surface area contributed by atoms with Gasteiger partial charge in [0.05, 0.1) is 60.4 Å². The van der Waals surface area contributed by atoms with E-state index in [1.54, 1.807) is 30.8 Å². The molecule has 1 aromatic carbocycles. The van der Waals surface area contributed by atoms with Crippen LogP contribution >= 0.6 is 0 Å². The number of ether oxygens (including phenoxy) is 3. The molecule has 13 nitrogen and oxygen atoms in total. The van der Waals surface area contributed by atoms with E-state index in [-0.39, 0.29) is 54.5 Å². The number of methoxy groups -OCH3 is 3. The van der Waals surface area contributed by atoms with Gasteiger partial charge in [-0.2, -0.15) is 0 Å². The largest absolute Gasteiger partial charge is 0.380 e. The summed E-state index contributed by atoms with van der Waals surface area (Å²) in [5.41, 5.74) is -0.740. The molecule has 1 fully saturated rings. The molecule has 1 saturated heterocycles. The molecule has 55 heavy (non-hydrogen) atoms. The summed E-state index contributed by atoms with van der Waals surface area (Å²) >= 11 is 0. The van der Waals surface area contributed by atoms with Gasteiger partial charge in [0.2, 0.25) is 23.6 Å². The van der Waals surface area contributed by atoms with E-state index in [0.29, 0.717) is 12.8 Å². The molecule has 312 valence electrons. The van der Waals surface area contributed by atoms with Crippen molar-refractivity contribution in [3.05, 3.63) is 35.4 Å². The van der Waals surface area contributed by atoms with Gasteiger partial charge >= 0.3 is 0 Å². The van der Waals surface area contributed by atoms with Crippen LogP contribution in [0, 0.1) is 35.3 Å². The molecule has 0 radical (unpaired) electrons. The van der Waals surface area contributed by atoms with Crippen LogP contribution < -0.4 is 16.0 Å². The number of amides is 4. The Bertz CT molecular complexity index is 1440. The fourth-order valence-electron chi connectivity index (χ4n) is 7.56. The Morgan fingerprint density at radius 1 is 0.891 bits per heavy atom. The Morgan fingerprint density at radius 2 is 1.47 bits per heavy atom. The fraction of sp³-hybridized carbons (Fsp3) is 0.725. The zero-order chi connectivity index (χ0) is 41.9. The highest BCUT2D eigenvalue weighted by Crippen LogP contribution is 2.31. The summed E-state index contributed by atoms with van der Waals surface area (Å²) < 4.78 is 46.1. The number of carbonyl (C=O) groups excluding carboxylic acids is 5. The van der Waals surface area contributed by atoms with Crippen LogP contribution in [0.1, 0.15) is 85.0 Å². The molecular weight excluding hydrogens is 716 g/mol. The highest BCUT2D eigenvalue weighted by molar-refractivity contribution is 6.02. The smallest absolute Gasteiger partial charge is 0.245 e. The molecule has 4 amide bonds. The second-order valence-corrected chi connectivity index (χ2v) is 15.4. The Hall–Kier alpha value is -3.53. The van der Waals surface area contributed by atoms with Crippen LogP contribution in [0.3, 0.4) is 0 Å².